The van der Waals surface area contributed by atoms with Gasteiger partial charge in [0.1, 0.15) is 11.3 Å². The van der Waals surface area contributed by atoms with E-state index in [1.807, 2.05) is 0 Å². The molecule has 0 bridgehead atoms. The molecule has 17 heteroatoms. The van der Waals surface area contributed by atoms with Crippen molar-refractivity contribution in [3.63, 3.8) is 0 Å². The highest BCUT2D eigenvalue weighted by Crippen LogP contribution is 2.40. The molecule has 1 rings (SSSR count). The molecule has 0 aliphatic carbocycles. The zero-order valence-corrected chi connectivity index (χ0v) is 18.2. The Labute approximate surface area is 177 Å². The van der Waals surface area contributed by atoms with Crippen LogP contribution in [0.15, 0.2) is 12.1 Å². The molecular formula is C14H19N3O12S2. The molecule has 174 valence electrons. The van der Waals surface area contributed by atoms with Crippen molar-refractivity contribution in [1.29, 1.82) is 0 Å². The predicted molar refractivity (Wildman–Crippen MR) is 105 cm³/mol. The SMILES string of the molecule is COC(=O)c1ccc(N(CCOS(C)(=O)=O)CCOS(C)(=O)=O)c([N+](=O)[O-])c1[N+](=O)[O-]. The van der Waals surface area contributed by atoms with Crippen molar-refractivity contribution >= 4 is 43.3 Å². The van der Waals surface area contributed by atoms with Crippen LogP contribution in [0.3, 0.4) is 0 Å². The van der Waals surface area contributed by atoms with Gasteiger partial charge in [0.15, 0.2) is 0 Å². The number of nitro groups is 2. The molecule has 1 aromatic carbocycles. The van der Waals surface area contributed by atoms with Gasteiger partial charge in [-0.25, -0.2) is 4.79 Å². The van der Waals surface area contributed by atoms with E-state index in [-0.39, 0.29) is 13.1 Å². The van der Waals surface area contributed by atoms with Crippen LogP contribution < -0.4 is 4.90 Å². The number of carbonyl (C=O) groups excluding carboxylic acids is 1. The van der Waals surface area contributed by atoms with Crippen molar-refractivity contribution in [3.05, 3.63) is 37.9 Å². The van der Waals surface area contributed by atoms with E-state index in [4.69, 9.17) is 0 Å². The highest BCUT2D eigenvalue weighted by Gasteiger charge is 2.37. The Kier molecular flexibility index (Phi) is 8.79. The fraction of sp³-hybridized carbons (Fsp3) is 0.500. The van der Waals surface area contributed by atoms with Crippen LogP contribution in [0.25, 0.3) is 0 Å². The fourth-order valence-corrected chi connectivity index (χ4v) is 3.17. The van der Waals surface area contributed by atoms with Gasteiger partial charge in [-0.1, -0.05) is 0 Å². The first-order chi connectivity index (χ1) is 14.2. The summed E-state index contributed by atoms with van der Waals surface area (Å²) in [4.78, 5) is 33.8. The van der Waals surface area contributed by atoms with Crippen molar-refractivity contribution in [2.45, 2.75) is 0 Å². The van der Waals surface area contributed by atoms with Gasteiger partial charge in [0.2, 0.25) is 0 Å². The van der Waals surface area contributed by atoms with Gasteiger partial charge in [-0.05, 0) is 12.1 Å². The van der Waals surface area contributed by atoms with Gasteiger partial charge in [0.25, 0.3) is 20.2 Å². The Balaban J connectivity index is 3.52. The number of carbonyl (C=O) groups is 1. The summed E-state index contributed by atoms with van der Waals surface area (Å²) in [6.07, 6.45) is 1.53. The zero-order valence-electron chi connectivity index (χ0n) is 16.5. The molecule has 0 atom stereocenters. The minimum Gasteiger partial charge on any atom is -0.465 e. The van der Waals surface area contributed by atoms with Crippen molar-refractivity contribution < 1.29 is 44.6 Å². The fourth-order valence-electron chi connectivity index (χ4n) is 2.41. The second-order valence-electron chi connectivity index (χ2n) is 5.87. The molecule has 0 spiro atoms. The van der Waals surface area contributed by atoms with Crippen LogP contribution in [0.2, 0.25) is 0 Å². The molecule has 0 aliphatic heterocycles. The van der Waals surface area contributed by atoms with Crippen LogP contribution in [0.1, 0.15) is 10.4 Å². The van der Waals surface area contributed by atoms with Crippen molar-refractivity contribution in [2.24, 2.45) is 0 Å². The molecule has 0 aliphatic rings. The highest BCUT2D eigenvalue weighted by molar-refractivity contribution is 7.86. The van der Waals surface area contributed by atoms with Gasteiger partial charge >= 0.3 is 17.3 Å². The van der Waals surface area contributed by atoms with E-state index in [1.54, 1.807) is 0 Å². The Morgan fingerprint density at radius 1 is 0.935 bits per heavy atom. The molecule has 15 nitrogen and oxygen atoms in total. The lowest BCUT2D eigenvalue weighted by Crippen LogP contribution is -2.33. The smallest absolute Gasteiger partial charge is 0.369 e. The normalized spacial score (nSPS) is 11.7. The average molecular weight is 485 g/mol. The summed E-state index contributed by atoms with van der Waals surface area (Å²) < 4.78 is 58.3. The van der Waals surface area contributed by atoms with Crippen LogP contribution in [-0.4, -0.2) is 78.6 Å². The lowest BCUT2D eigenvalue weighted by atomic mass is 10.1. The number of hydrogen-bond acceptors (Lipinski definition) is 13. The number of hydrogen-bond donors (Lipinski definition) is 0. The van der Waals surface area contributed by atoms with Crippen molar-refractivity contribution in [3.8, 4) is 0 Å². The van der Waals surface area contributed by atoms with Gasteiger partial charge in [0, 0.05) is 13.1 Å². The van der Waals surface area contributed by atoms with Gasteiger partial charge in [0.05, 0.1) is 42.7 Å². The van der Waals surface area contributed by atoms with E-state index >= 15 is 0 Å². The van der Waals surface area contributed by atoms with Gasteiger partial charge < -0.3 is 9.64 Å². The van der Waals surface area contributed by atoms with Crippen LogP contribution in [0.5, 0.6) is 0 Å². The number of anilines is 1. The summed E-state index contributed by atoms with van der Waals surface area (Å²) in [6.45, 7) is -1.73. The molecule has 0 aromatic heterocycles. The van der Waals surface area contributed by atoms with E-state index < -0.39 is 71.9 Å². The lowest BCUT2D eigenvalue weighted by Gasteiger charge is -2.24. The standard InChI is InChI=1S/C14H19N3O12S2/c1-27-14(18)10-4-5-11(13(17(21)22)12(10)16(19)20)15(6-8-28-30(2,23)24)7-9-29-31(3,25)26/h4-5H,6-9H2,1-3H3. The minimum atomic E-state index is -3.87. The Bertz CT molecular complexity index is 1030. The first-order valence-electron chi connectivity index (χ1n) is 8.15. The van der Waals surface area contributed by atoms with Crippen molar-refractivity contribution in [1.82, 2.24) is 0 Å². The lowest BCUT2D eigenvalue weighted by molar-refractivity contribution is -0.422. The quantitative estimate of drug-likeness (QED) is 0.166. The summed E-state index contributed by atoms with van der Waals surface area (Å²) >= 11 is 0. The number of methoxy groups -OCH3 is 1. The molecule has 0 heterocycles. The second-order valence-corrected chi connectivity index (χ2v) is 9.16. The molecule has 0 radical (unpaired) electrons. The molecule has 0 amide bonds. The third kappa shape index (κ3) is 8.04. The third-order valence-corrected chi connectivity index (χ3v) is 4.75. The number of esters is 1. The van der Waals surface area contributed by atoms with Gasteiger partial charge in [-0.3, -0.25) is 28.6 Å². The molecule has 0 unspecified atom stereocenters. The number of ether oxygens (including phenoxy) is 1. The summed E-state index contributed by atoms with van der Waals surface area (Å²) in [5.74, 6) is -1.19. The molecule has 0 fully saturated rings. The molecular weight excluding hydrogens is 466 g/mol. The summed E-state index contributed by atoms with van der Waals surface area (Å²) in [6, 6.07) is 1.94. The maximum absolute atomic E-state index is 11.8. The van der Waals surface area contributed by atoms with Gasteiger partial charge in [-0.2, -0.15) is 16.8 Å². The van der Waals surface area contributed by atoms with Crippen LogP contribution in [-0.2, 0) is 33.3 Å². The predicted octanol–water partition coefficient (Wildman–Crippen LogP) is 0.0484. The summed E-state index contributed by atoms with van der Waals surface area (Å²) in [7, 11) is -6.81. The molecule has 1 aromatic rings. The number of nitro benzene ring substituents is 2. The first kappa shape index (κ1) is 26.1. The van der Waals surface area contributed by atoms with Crippen LogP contribution in [0.4, 0.5) is 17.1 Å². The van der Waals surface area contributed by atoms with E-state index in [2.05, 4.69) is 13.1 Å². The number of rotatable bonds is 12. The maximum Gasteiger partial charge on any atom is 0.369 e. The topological polar surface area (TPSA) is 203 Å². The monoisotopic (exact) mass is 485 g/mol. The minimum absolute atomic E-state index is 0.351. The molecule has 0 N–H and O–H groups in total. The largest absolute Gasteiger partial charge is 0.465 e. The van der Waals surface area contributed by atoms with E-state index in [0.717, 1.165) is 36.7 Å². The average Bonchev–Trinajstić information content (AvgIpc) is 2.62. The maximum atomic E-state index is 11.8. The molecule has 0 saturated carbocycles. The second kappa shape index (κ2) is 10.4. The van der Waals surface area contributed by atoms with E-state index in [0.29, 0.717) is 0 Å². The Morgan fingerprint density at radius 2 is 1.39 bits per heavy atom. The Hall–Kier alpha value is -2.89. The Morgan fingerprint density at radius 3 is 1.74 bits per heavy atom. The van der Waals surface area contributed by atoms with Crippen molar-refractivity contribution in [2.75, 3.05) is 50.8 Å². The van der Waals surface area contributed by atoms with E-state index in [9.17, 15) is 41.9 Å². The highest BCUT2D eigenvalue weighted by atomic mass is 32.2. The zero-order chi connectivity index (χ0) is 24.0. The number of nitrogens with zero attached hydrogens (tertiary/aromatic N) is 3. The van der Waals surface area contributed by atoms with Crippen LogP contribution in [0, 0.1) is 20.2 Å². The van der Waals surface area contributed by atoms with Gasteiger partial charge in [-0.15, -0.1) is 0 Å². The third-order valence-electron chi connectivity index (χ3n) is 3.56. The summed E-state index contributed by atoms with van der Waals surface area (Å²) in [5, 5.41) is 23.1. The van der Waals surface area contributed by atoms with Crippen LogP contribution >= 0.6 is 0 Å². The molecule has 31 heavy (non-hydrogen) atoms. The first-order valence-corrected chi connectivity index (χ1v) is 11.8. The molecule has 0 saturated heterocycles. The van der Waals surface area contributed by atoms with E-state index in [1.165, 1.54) is 0 Å². The number of benzene rings is 1. The summed E-state index contributed by atoms with van der Waals surface area (Å²) in [5.41, 5.74) is -3.29.